The molecule has 0 aromatic carbocycles. The Bertz CT molecular complexity index is 291. The van der Waals surface area contributed by atoms with Crippen LogP contribution in [0.4, 0.5) is 0 Å². The number of carbonyl (C=O) groups excluding carboxylic acids is 1. The first-order valence-electron chi connectivity index (χ1n) is 5.90. The topological polar surface area (TPSA) is 52.3 Å². The van der Waals surface area contributed by atoms with Gasteiger partial charge in [0.05, 0.1) is 13.0 Å². The van der Waals surface area contributed by atoms with Crippen molar-refractivity contribution in [3.63, 3.8) is 0 Å². The van der Waals surface area contributed by atoms with Crippen LogP contribution in [0.3, 0.4) is 0 Å². The molecule has 0 amide bonds. The van der Waals surface area contributed by atoms with Crippen molar-refractivity contribution in [1.29, 1.82) is 0 Å². The van der Waals surface area contributed by atoms with Crippen LogP contribution >= 0.6 is 0 Å². The van der Waals surface area contributed by atoms with E-state index in [0.717, 1.165) is 12.8 Å². The largest absolute Gasteiger partial charge is 0.469 e. The summed E-state index contributed by atoms with van der Waals surface area (Å²) in [7, 11) is 1.49. The smallest absolute Gasteiger partial charge is 0.308 e. The minimum atomic E-state index is -0.00751. The molecule has 3 nitrogen and oxygen atoms in total. The van der Waals surface area contributed by atoms with Gasteiger partial charge in [0.1, 0.15) is 0 Å². The summed E-state index contributed by atoms with van der Waals surface area (Å²) >= 11 is 0. The van der Waals surface area contributed by atoms with Crippen molar-refractivity contribution in [3.8, 4) is 0 Å². The molecule has 84 valence electrons. The summed E-state index contributed by atoms with van der Waals surface area (Å²) in [6.45, 7) is 0. The molecular weight excluding hydrogens is 190 g/mol. The van der Waals surface area contributed by atoms with Crippen molar-refractivity contribution >= 4 is 5.97 Å². The number of carbonyl (C=O) groups is 1. The van der Waals surface area contributed by atoms with Crippen LogP contribution in [0.5, 0.6) is 0 Å². The van der Waals surface area contributed by atoms with Crippen LogP contribution in [0.2, 0.25) is 0 Å². The summed E-state index contributed by atoms with van der Waals surface area (Å²) < 4.78 is 4.77. The van der Waals surface area contributed by atoms with Gasteiger partial charge < -0.3 is 10.5 Å². The van der Waals surface area contributed by atoms with Gasteiger partial charge in [0, 0.05) is 6.04 Å². The van der Waals surface area contributed by atoms with Gasteiger partial charge in [-0.25, -0.2) is 0 Å². The Morgan fingerprint density at radius 3 is 2.20 bits per heavy atom. The number of rotatable bonds is 1. The summed E-state index contributed by atoms with van der Waals surface area (Å²) in [5, 5.41) is 0. The van der Waals surface area contributed by atoms with E-state index < -0.39 is 0 Å². The summed E-state index contributed by atoms with van der Waals surface area (Å²) in [6, 6.07) is 0.457. The zero-order valence-electron chi connectivity index (χ0n) is 9.29. The average molecular weight is 209 g/mol. The molecule has 0 aliphatic heterocycles. The van der Waals surface area contributed by atoms with E-state index in [9.17, 15) is 4.79 Å². The van der Waals surface area contributed by atoms with Crippen molar-refractivity contribution in [2.45, 2.75) is 44.6 Å². The van der Waals surface area contributed by atoms with Crippen LogP contribution in [0, 0.1) is 16.7 Å². The van der Waals surface area contributed by atoms with E-state index in [1.807, 2.05) is 0 Å². The van der Waals surface area contributed by atoms with Gasteiger partial charge in [0.2, 0.25) is 0 Å². The van der Waals surface area contributed by atoms with Crippen molar-refractivity contribution in [2.75, 3.05) is 7.11 Å². The zero-order chi connectivity index (χ0) is 10.7. The van der Waals surface area contributed by atoms with E-state index in [2.05, 4.69) is 0 Å². The average Bonchev–Trinajstić information content (AvgIpc) is 2.03. The summed E-state index contributed by atoms with van der Waals surface area (Å²) in [6.07, 6.45) is 7.21. The van der Waals surface area contributed by atoms with Gasteiger partial charge in [0.15, 0.2) is 0 Å². The van der Waals surface area contributed by atoms with Crippen LogP contribution in [0.15, 0.2) is 0 Å². The Kier molecular flexibility index (Phi) is 1.77. The van der Waals surface area contributed by atoms with Crippen LogP contribution in [-0.4, -0.2) is 19.1 Å². The molecule has 3 heteroatoms. The van der Waals surface area contributed by atoms with Crippen LogP contribution in [0.25, 0.3) is 0 Å². The molecule has 0 atom stereocenters. The van der Waals surface area contributed by atoms with Gasteiger partial charge in [-0.15, -0.1) is 0 Å². The molecule has 2 N–H and O–H groups in total. The maximum Gasteiger partial charge on any atom is 0.308 e. The molecule has 0 aromatic heterocycles. The standard InChI is InChI=1S/C12H19NO2/c1-15-10(14)8-2-11(3-8)6-12(7-11)4-9(13)5-12/h8-9H,2-7,13H2,1H3. The highest BCUT2D eigenvalue weighted by molar-refractivity contribution is 5.73. The number of ether oxygens (including phenoxy) is 1. The molecule has 3 fully saturated rings. The van der Waals surface area contributed by atoms with Gasteiger partial charge in [-0.2, -0.15) is 0 Å². The predicted octanol–water partition coefficient (Wildman–Crippen LogP) is 1.46. The lowest BCUT2D eigenvalue weighted by molar-refractivity contribution is -0.187. The van der Waals surface area contributed by atoms with Crippen LogP contribution in [-0.2, 0) is 9.53 Å². The lowest BCUT2D eigenvalue weighted by Gasteiger charge is -2.68. The monoisotopic (exact) mass is 209 g/mol. The number of esters is 1. The second kappa shape index (κ2) is 2.76. The van der Waals surface area contributed by atoms with E-state index in [1.54, 1.807) is 0 Å². The highest BCUT2D eigenvalue weighted by atomic mass is 16.5. The number of methoxy groups -OCH3 is 1. The first-order valence-corrected chi connectivity index (χ1v) is 5.90. The van der Waals surface area contributed by atoms with Crippen molar-refractivity contribution in [3.05, 3.63) is 0 Å². The molecule has 15 heavy (non-hydrogen) atoms. The normalized spacial score (nSPS) is 51.9. The maximum absolute atomic E-state index is 11.3. The minimum absolute atomic E-state index is 0.00751. The van der Waals surface area contributed by atoms with Gasteiger partial charge in [-0.1, -0.05) is 0 Å². The first kappa shape index (κ1) is 9.64. The lowest BCUT2D eigenvalue weighted by atomic mass is 9.37. The third-order valence-corrected chi connectivity index (χ3v) is 4.78. The number of hydrogen-bond donors (Lipinski definition) is 1. The number of hydrogen-bond acceptors (Lipinski definition) is 3. The second-order valence-electron chi connectivity index (χ2n) is 6.15. The van der Waals surface area contributed by atoms with Crippen LogP contribution < -0.4 is 5.73 Å². The Hall–Kier alpha value is -0.570. The van der Waals surface area contributed by atoms with E-state index in [0.29, 0.717) is 16.9 Å². The predicted molar refractivity (Wildman–Crippen MR) is 56.0 cm³/mol. The summed E-state index contributed by atoms with van der Waals surface area (Å²) in [5.41, 5.74) is 6.95. The molecule has 3 aliphatic carbocycles. The molecule has 0 aromatic rings. The van der Waals surface area contributed by atoms with Crippen molar-refractivity contribution < 1.29 is 9.53 Å². The van der Waals surface area contributed by atoms with Gasteiger partial charge >= 0.3 is 5.97 Å². The lowest BCUT2D eigenvalue weighted by Crippen LogP contribution is -2.62. The molecular formula is C12H19NO2. The van der Waals surface area contributed by atoms with E-state index in [-0.39, 0.29) is 11.9 Å². The summed E-state index contributed by atoms with van der Waals surface area (Å²) in [4.78, 5) is 11.3. The van der Waals surface area contributed by atoms with Crippen molar-refractivity contribution in [2.24, 2.45) is 22.5 Å². The third-order valence-electron chi connectivity index (χ3n) is 4.78. The molecule has 0 radical (unpaired) electrons. The van der Waals surface area contributed by atoms with E-state index >= 15 is 0 Å². The molecule has 3 rings (SSSR count). The fraction of sp³-hybridized carbons (Fsp3) is 0.917. The zero-order valence-corrected chi connectivity index (χ0v) is 9.29. The number of nitrogens with two attached hydrogens (primary N) is 1. The Balaban J connectivity index is 1.51. The van der Waals surface area contributed by atoms with Crippen LogP contribution in [0.1, 0.15) is 38.5 Å². The highest BCUT2D eigenvalue weighted by Crippen LogP contribution is 2.71. The Morgan fingerprint density at radius 1 is 1.20 bits per heavy atom. The van der Waals surface area contributed by atoms with Crippen molar-refractivity contribution in [1.82, 2.24) is 0 Å². The Labute approximate surface area is 90.4 Å². The molecule has 2 spiro atoms. The van der Waals surface area contributed by atoms with Gasteiger partial charge in [-0.3, -0.25) is 4.79 Å². The van der Waals surface area contributed by atoms with E-state index in [1.165, 1.54) is 32.8 Å². The molecule has 0 heterocycles. The maximum atomic E-state index is 11.3. The van der Waals surface area contributed by atoms with E-state index in [4.69, 9.17) is 10.5 Å². The molecule has 0 unspecified atom stereocenters. The molecule has 0 bridgehead atoms. The fourth-order valence-corrected chi connectivity index (χ4v) is 4.49. The molecule has 0 saturated heterocycles. The Morgan fingerprint density at radius 2 is 1.73 bits per heavy atom. The van der Waals surface area contributed by atoms with Gasteiger partial charge in [-0.05, 0) is 49.4 Å². The third kappa shape index (κ3) is 1.25. The minimum Gasteiger partial charge on any atom is -0.469 e. The first-order chi connectivity index (χ1) is 7.06. The quantitative estimate of drug-likeness (QED) is 0.665. The second-order valence-corrected chi connectivity index (χ2v) is 6.15. The molecule has 3 saturated carbocycles. The summed E-state index contributed by atoms with van der Waals surface area (Å²) in [5.74, 6) is 0.188. The highest BCUT2D eigenvalue weighted by Gasteiger charge is 2.64. The fourth-order valence-electron chi connectivity index (χ4n) is 4.49. The molecule has 3 aliphatic rings. The van der Waals surface area contributed by atoms with Gasteiger partial charge in [0.25, 0.3) is 0 Å². The SMILES string of the molecule is COC(=O)C1CC2(C1)CC1(CC(N)C1)C2.